The SMILES string of the molecule is Cc1cc(C(=O)NC(C)c2cc(OCC(F)F)ccc2C)nc(NC(=O)C2CC2)n1. The number of amides is 2. The molecule has 160 valence electrons. The summed E-state index contributed by atoms with van der Waals surface area (Å²) in [6.07, 6.45) is -0.869. The Hall–Kier alpha value is -3.10. The summed E-state index contributed by atoms with van der Waals surface area (Å²) in [5, 5.41) is 5.49. The topological polar surface area (TPSA) is 93.2 Å². The average Bonchev–Trinajstić information content (AvgIpc) is 3.52. The number of nitrogens with one attached hydrogen (secondary N) is 2. The number of hydrogen-bond acceptors (Lipinski definition) is 5. The van der Waals surface area contributed by atoms with Gasteiger partial charge in [0.1, 0.15) is 18.1 Å². The average molecular weight is 418 g/mol. The predicted octanol–water partition coefficient (Wildman–Crippen LogP) is 3.58. The van der Waals surface area contributed by atoms with Gasteiger partial charge in [0.05, 0.1) is 6.04 Å². The summed E-state index contributed by atoms with van der Waals surface area (Å²) < 4.78 is 29.9. The van der Waals surface area contributed by atoms with Crippen molar-refractivity contribution in [2.45, 2.75) is 46.1 Å². The fourth-order valence-electron chi connectivity index (χ4n) is 2.98. The number of ether oxygens (including phenoxy) is 1. The minimum absolute atomic E-state index is 0.00560. The number of aryl methyl sites for hydroxylation is 2. The summed E-state index contributed by atoms with van der Waals surface area (Å²) in [4.78, 5) is 33.0. The molecule has 1 aliphatic rings. The van der Waals surface area contributed by atoms with Gasteiger partial charge in [-0.2, -0.15) is 0 Å². The lowest BCUT2D eigenvalue weighted by Gasteiger charge is -2.18. The summed E-state index contributed by atoms with van der Waals surface area (Å²) in [5.41, 5.74) is 2.29. The lowest BCUT2D eigenvalue weighted by Crippen LogP contribution is -2.28. The summed E-state index contributed by atoms with van der Waals surface area (Å²) in [5.74, 6) is -0.179. The van der Waals surface area contributed by atoms with Gasteiger partial charge < -0.3 is 10.1 Å². The number of anilines is 1. The van der Waals surface area contributed by atoms with Crippen LogP contribution in [0.5, 0.6) is 5.75 Å². The highest BCUT2D eigenvalue weighted by molar-refractivity contribution is 5.95. The highest BCUT2D eigenvalue weighted by atomic mass is 19.3. The molecule has 30 heavy (non-hydrogen) atoms. The van der Waals surface area contributed by atoms with Crippen molar-refractivity contribution in [3.8, 4) is 5.75 Å². The molecule has 1 unspecified atom stereocenters. The normalized spacial score (nSPS) is 14.3. The van der Waals surface area contributed by atoms with Gasteiger partial charge in [-0.3, -0.25) is 14.9 Å². The fraction of sp³-hybridized carbons (Fsp3) is 0.429. The van der Waals surface area contributed by atoms with Gasteiger partial charge in [-0.25, -0.2) is 18.7 Å². The van der Waals surface area contributed by atoms with Crippen molar-refractivity contribution >= 4 is 17.8 Å². The molecule has 1 aliphatic carbocycles. The minimum Gasteiger partial charge on any atom is -0.488 e. The van der Waals surface area contributed by atoms with Gasteiger partial charge in [-0.05, 0) is 62.9 Å². The van der Waals surface area contributed by atoms with Crippen LogP contribution < -0.4 is 15.4 Å². The summed E-state index contributed by atoms with van der Waals surface area (Å²) in [7, 11) is 0. The zero-order valence-corrected chi connectivity index (χ0v) is 17.0. The number of nitrogens with zero attached hydrogens (tertiary/aromatic N) is 2. The molecule has 2 amide bonds. The van der Waals surface area contributed by atoms with Crippen molar-refractivity contribution in [3.05, 3.63) is 46.8 Å². The Morgan fingerprint density at radius 2 is 1.93 bits per heavy atom. The van der Waals surface area contributed by atoms with Crippen LogP contribution in [0.3, 0.4) is 0 Å². The lowest BCUT2D eigenvalue weighted by molar-refractivity contribution is -0.117. The number of carbonyl (C=O) groups is 2. The van der Waals surface area contributed by atoms with Crippen LogP contribution in [0.4, 0.5) is 14.7 Å². The fourth-order valence-corrected chi connectivity index (χ4v) is 2.98. The third-order valence-electron chi connectivity index (χ3n) is 4.71. The van der Waals surface area contributed by atoms with E-state index in [0.717, 1.165) is 24.0 Å². The van der Waals surface area contributed by atoms with Gasteiger partial charge in [0.2, 0.25) is 11.9 Å². The number of halogens is 2. The van der Waals surface area contributed by atoms with Gasteiger partial charge in [-0.1, -0.05) is 6.07 Å². The van der Waals surface area contributed by atoms with Crippen molar-refractivity contribution in [2.75, 3.05) is 11.9 Å². The maximum absolute atomic E-state index is 12.7. The second kappa shape index (κ2) is 9.15. The zero-order chi connectivity index (χ0) is 21.8. The van der Waals surface area contributed by atoms with E-state index in [1.54, 1.807) is 32.0 Å². The number of alkyl halides is 2. The molecule has 3 rings (SSSR count). The van der Waals surface area contributed by atoms with Gasteiger partial charge in [-0.15, -0.1) is 0 Å². The Kier molecular flexibility index (Phi) is 6.59. The van der Waals surface area contributed by atoms with Crippen molar-refractivity contribution < 1.29 is 23.1 Å². The van der Waals surface area contributed by atoms with Crippen LogP contribution in [0.1, 0.15) is 53.1 Å². The maximum atomic E-state index is 12.7. The smallest absolute Gasteiger partial charge is 0.272 e. The predicted molar refractivity (Wildman–Crippen MR) is 107 cm³/mol. The van der Waals surface area contributed by atoms with Crippen LogP contribution in [-0.2, 0) is 4.79 Å². The van der Waals surface area contributed by atoms with Crippen molar-refractivity contribution in [3.63, 3.8) is 0 Å². The van der Waals surface area contributed by atoms with Gasteiger partial charge in [0, 0.05) is 11.6 Å². The minimum atomic E-state index is -2.57. The second-order valence-electron chi connectivity index (χ2n) is 7.40. The van der Waals surface area contributed by atoms with Crippen molar-refractivity contribution in [1.29, 1.82) is 0 Å². The van der Waals surface area contributed by atoms with E-state index in [9.17, 15) is 18.4 Å². The lowest BCUT2D eigenvalue weighted by atomic mass is 10.0. The van der Waals surface area contributed by atoms with Crippen LogP contribution in [0.25, 0.3) is 0 Å². The van der Waals surface area contributed by atoms with Crippen LogP contribution >= 0.6 is 0 Å². The highest BCUT2D eigenvalue weighted by Gasteiger charge is 2.30. The van der Waals surface area contributed by atoms with Gasteiger partial charge in [0.15, 0.2) is 0 Å². The Morgan fingerprint density at radius 1 is 1.20 bits per heavy atom. The standard InChI is InChI=1S/C21H24F2N4O3/c1-11-4-7-15(30-10-18(22)23)9-16(11)13(3)25-20(29)17-8-12(2)24-21(26-17)27-19(28)14-5-6-14/h4,7-9,13-14,18H,5-6,10H2,1-3H3,(H,25,29)(H,24,26,27,28). The van der Waals surface area contributed by atoms with E-state index >= 15 is 0 Å². The molecular formula is C21H24F2N4O3. The molecular weight excluding hydrogens is 394 g/mol. The first-order valence-electron chi connectivity index (χ1n) is 9.72. The molecule has 0 saturated heterocycles. The summed E-state index contributed by atoms with van der Waals surface area (Å²) >= 11 is 0. The van der Waals surface area contributed by atoms with E-state index in [1.165, 1.54) is 6.07 Å². The van der Waals surface area contributed by atoms with Crippen LogP contribution in [-0.4, -0.2) is 34.8 Å². The Balaban J connectivity index is 1.71. The number of benzene rings is 1. The van der Waals surface area contributed by atoms with E-state index in [0.29, 0.717) is 11.4 Å². The highest BCUT2D eigenvalue weighted by Crippen LogP contribution is 2.29. The first kappa shape index (κ1) is 21.6. The molecule has 0 bridgehead atoms. The van der Waals surface area contributed by atoms with Crippen LogP contribution in [0, 0.1) is 19.8 Å². The largest absolute Gasteiger partial charge is 0.488 e. The molecule has 9 heteroatoms. The van der Waals surface area contributed by atoms with Crippen LogP contribution in [0.2, 0.25) is 0 Å². The third-order valence-corrected chi connectivity index (χ3v) is 4.71. The Morgan fingerprint density at radius 3 is 2.60 bits per heavy atom. The molecule has 2 aromatic rings. The molecule has 1 saturated carbocycles. The zero-order valence-electron chi connectivity index (χ0n) is 17.0. The monoisotopic (exact) mass is 418 g/mol. The molecule has 0 aliphatic heterocycles. The number of aromatic nitrogens is 2. The molecule has 7 nitrogen and oxygen atoms in total. The molecule has 1 fully saturated rings. The first-order chi connectivity index (χ1) is 14.2. The van der Waals surface area contributed by atoms with Gasteiger partial charge in [0.25, 0.3) is 12.3 Å². The molecule has 1 heterocycles. The number of rotatable bonds is 8. The Labute approximate surface area is 173 Å². The van der Waals surface area contributed by atoms with Crippen molar-refractivity contribution in [1.82, 2.24) is 15.3 Å². The third kappa shape index (κ3) is 5.71. The maximum Gasteiger partial charge on any atom is 0.272 e. The first-order valence-corrected chi connectivity index (χ1v) is 9.72. The quantitative estimate of drug-likeness (QED) is 0.684. The second-order valence-corrected chi connectivity index (χ2v) is 7.40. The Bertz CT molecular complexity index is 948. The number of carbonyl (C=O) groups excluding carboxylic acids is 2. The molecule has 1 aromatic heterocycles. The summed E-state index contributed by atoms with van der Waals surface area (Å²) in [6.45, 7) is 4.65. The number of hydrogen-bond donors (Lipinski definition) is 2. The molecule has 1 atom stereocenters. The van der Waals surface area contributed by atoms with E-state index in [-0.39, 0.29) is 23.5 Å². The van der Waals surface area contributed by atoms with E-state index in [4.69, 9.17) is 4.74 Å². The molecule has 0 spiro atoms. The van der Waals surface area contributed by atoms with Crippen molar-refractivity contribution in [2.24, 2.45) is 5.92 Å². The van der Waals surface area contributed by atoms with E-state index < -0.39 is 25.0 Å². The molecule has 2 N–H and O–H groups in total. The van der Waals surface area contributed by atoms with E-state index in [2.05, 4.69) is 20.6 Å². The van der Waals surface area contributed by atoms with Gasteiger partial charge >= 0.3 is 0 Å². The molecule has 0 radical (unpaired) electrons. The summed E-state index contributed by atoms with van der Waals surface area (Å²) in [6, 6.07) is 6.10. The van der Waals surface area contributed by atoms with E-state index in [1.807, 2.05) is 6.92 Å². The molecule has 1 aromatic carbocycles. The van der Waals surface area contributed by atoms with Crippen LogP contribution in [0.15, 0.2) is 24.3 Å².